The summed E-state index contributed by atoms with van der Waals surface area (Å²) in [4.78, 5) is 8.05. The molecule has 1 heterocycles. The first-order valence-corrected chi connectivity index (χ1v) is 8.46. The summed E-state index contributed by atoms with van der Waals surface area (Å²) >= 11 is 0. The molecule has 0 saturated heterocycles. The smallest absolute Gasteiger partial charge is 0.162 e. The molecule has 1 atom stereocenters. The van der Waals surface area contributed by atoms with Crippen LogP contribution in [0.15, 0.2) is 36.4 Å². The van der Waals surface area contributed by atoms with Crippen LogP contribution in [0.25, 0.3) is 17.1 Å². The average Bonchev–Trinajstić information content (AvgIpc) is 2.99. The first-order valence-electron chi connectivity index (χ1n) is 8.46. The minimum Gasteiger partial charge on any atom is -0.493 e. The number of nitrogens with one attached hydrogen (secondary N) is 1. The van der Waals surface area contributed by atoms with Crippen LogP contribution in [-0.2, 0) is 0 Å². The van der Waals surface area contributed by atoms with E-state index in [0.29, 0.717) is 11.5 Å². The lowest BCUT2D eigenvalue weighted by Crippen LogP contribution is -2.06. The number of nitrogens with zero attached hydrogens (tertiary/aromatic N) is 1. The van der Waals surface area contributed by atoms with Gasteiger partial charge in [-0.1, -0.05) is 18.2 Å². The van der Waals surface area contributed by atoms with E-state index < -0.39 is 0 Å². The third-order valence-electron chi connectivity index (χ3n) is 4.35. The Labute approximate surface area is 148 Å². The molecule has 0 fully saturated rings. The van der Waals surface area contributed by atoms with E-state index in [1.807, 2.05) is 44.2 Å². The summed E-state index contributed by atoms with van der Waals surface area (Å²) in [6.45, 7) is 8.17. The highest BCUT2D eigenvalue weighted by molar-refractivity contribution is 5.77. The zero-order chi connectivity index (χ0) is 18.0. The SMILES string of the molecule is C/C=C/c1ccc(O[C@@H](C)c2nc3cc(C)c(C)cc3[nH]2)c(OC)c1. The summed E-state index contributed by atoms with van der Waals surface area (Å²) in [6.07, 6.45) is 3.81. The van der Waals surface area contributed by atoms with Crippen molar-refractivity contribution in [1.29, 1.82) is 0 Å². The van der Waals surface area contributed by atoms with Crippen molar-refractivity contribution in [3.8, 4) is 11.5 Å². The van der Waals surface area contributed by atoms with E-state index in [1.54, 1.807) is 7.11 Å². The monoisotopic (exact) mass is 336 g/mol. The van der Waals surface area contributed by atoms with Crippen LogP contribution < -0.4 is 9.47 Å². The molecule has 0 aliphatic carbocycles. The van der Waals surface area contributed by atoms with Crippen LogP contribution in [-0.4, -0.2) is 17.1 Å². The maximum Gasteiger partial charge on any atom is 0.162 e. The molecule has 4 heteroatoms. The number of hydrogen-bond donors (Lipinski definition) is 1. The molecule has 0 saturated carbocycles. The van der Waals surface area contributed by atoms with E-state index in [4.69, 9.17) is 9.47 Å². The molecular weight excluding hydrogens is 312 g/mol. The molecule has 0 unspecified atom stereocenters. The van der Waals surface area contributed by atoms with Crippen molar-refractivity contribution in [2.24, 2.45) is 0 Å². The van der Waals surface area contributed by atoms with E-state index >= 15 is 0 Å². The van der Waals surface area contributed by atoms with Crippen molar-refractivity contribution >= 4 is 17.1 Å². The molecule has 1 aromatic heterocycles. The van der Waals surface area contributed by atoms with Gasteiger partial charge >= 0.3 is 0 Å². The van der Waals surface area contributed by atoms with Crippen LogP contribution in [0.1, 0.15) is 42.5 Å². The van der Waals surface area contributed by atoms with Gasteiger partial charge in [0.1, 0.15) is 5.82 Å². The normalized spacial score (nSPS) is 12.7. The second kappa shape index (κ2) is 7.01. The Morgan fingerprint density at radius 3 is 2.56 bits per heavy atom. The van der Waals surface area contributed by atoms with Crippen molar-refractivity contribution in [1.82, 2.24) is 9.97 Å². The molecule has 25 heavy (non-hydrogen) atoms. The van der Waals surface area contributed by atoms with Gasteiger partial charge < -0.3 is 14.5 Å². The van der Waals surface area contributed by atoms with Gasteiger partial charge in [-0.05, 0) is 68.7 Å². The van der Waals surface area contributed by atoms with E-state index in [9.17, 15) is 0 Å². The largest absolute Gasteiger partial charge is 0.493 e. The molecule has 0 aliphatic heterocycles. The molecule has 0 amide bonds. The van der Waals surface area contributed by atoms with Gasteiger partial charge in [-0.2, -0.15) is 0 Å². The van der Waals surface area contributed by atoms with E-state index in [1.165, 1.54) is 11.1 Å². The molecule has 4 nitrogen and oxygen atoms in total. The summed E-state index contributed by atoms with van der Waals surface area (Å²) in [6, 6.07) is 10.1. The summed E-state index contributed by atoms with van der Waals surface area (Å²) in [7, 11) is 1.65. The minimum atomic E-state index is -0.213. The highest BCUT2D eigenvalue weighted by Crippen LogP contribution is 2.32. The minimum absolute atomic E-state index is 0.213. The van der Waals surface area contributed by atoms with Gasteiger partial charge in [0.15, 0.2) is 17.6 Å². The molecule has 2 aromatic carbocycles. The predicted octanol–water partition coefficient (Wildman–Crippen LogP) is 5.36. The van der Waals surface area contributed by atoms with Crippen LogP contribution in [0.4, 0.5) is 0 Å². The van der Waals surface area contributed by atoms with Crippen LogP contribution >= 0.6 is 0 Å². The van der Waals surface area contributed by atoms with Crippen molar-refractivity contribution in [3.05, 3.63) is 58.9 Å². The third-order valence-corrected chi connectivity index (χ3v) is 4.35. The lowest BCUT2D eigenvalue weighted by molar-refractivity contribution is 0.208. The summed E-state index contributed by atoms with van der Waals surface area (Å²) in [5.74, 6) is 2.22. The Morgan fingerprint density at radius 2 is 1.84 bits per heavy atom. The fraction of sp³-hybridized carbons (Fsp3) is 0.286. The first kappa shape index (κ1) is 17.1. The molecule has 3 rings (SSSR count). The lowest BCUT2D eigenvalue weighted by Gasteiger charge is -2.15. The summed E-state index contributed by atoms with van der Waals surface area (Å²) in [5.41, 5.74) is 5.56. The number of methoxy groups -OCH3 is 1. The van der Waals surface area contributed by atoms with Crippen molar-refractivity contribution < 1.29 is 9.47 Å². The van der Waals surface area contributed by atoms with E-state index in [0.717, 1.165) is 22.4 Å². The summed E-state index contributed by atoms with van der Waals surface area (Å²) < 4.78 is 11.6. The van der Waals surface area contributed by atoms with Crippen molar-refractivity contribution in [3.63, 3.8) is 0 Å². The zero-order valence-electron chi connectivity index (χ0n) is 15.4. The first-order chi connectivity index (χ1) is 12.0. The number of aromatic nitrogens is 2. The molecule has 1 N–H and O–H groups in total. The van der Waals surface area contributed by atoms with E-state index in [-0.39, 0.29) is 6.10 Å². The molecule has 0 bridgehead atoms. The number of aromatic amines is 1. The maximum atomic E-state index is 6.10. The van der Waals surface area contributed by atoms with Gasteiger partial charge in [0, 0.05) is 0 Å². The van der Waals surface area contributed by atoms with Crippen LogP contribution in [0.3, 0.4) is 0 Å². The number of rotatable bonds is 5. The molecule has 3 aromatic rings. The molecule has 0 radical (unpaired) electrons. The van der Waals surface area contributed by atoms with Gasteiger partial charge in [0.25, 0.3) is 0 Å². The maximum absolute atomic E-state index is 6.10. The quantitative estimate of drug-likeness (QED) is 0.682. The number of benzene rings is 2. The fourth-order valence-corrected chi connectivity index (χ4v) is 2.81. The number of aryl methyl sites for hydroxylation is 2. The van der Waals surface area contributed by atoms with Crippen molar-refractivity contribution in [2.75, 3.05) is 7.11 Å². The zero-order valence-corrected chi connectivity index (χ0v) is 15.4. The number of fused-ring (bicyclic) bond motifs is 1. The van der Waals surface area contributed by atoms with Gasteiger partial charge in [0.2, 0.25) is 0 Å². The van der Waals surface area contributed by atoms with Gasteiger partial charge in [0.05, 0.1) is 18.1 Å². The number of H-pyrrole nitrogens is 1. The topological polar surface area (TPSA) is 47.1 Å². The highest BCUT2D eigenvalue weighted by atomic mass is 16.5. The van der Waals surface area contributed by atoms with Crippen LogP contribution in [0, 0.1) is 13.8 Å². The predicted molar refractivity (Wildman–Crippen MR) is 102 cm³/mol. The number of hydrogen-bond acceptors (Lipinski definition) is 3. The van der Waals surface area contributed by atoms with Gasteiger partial charge in [-0.25, -0.2) is 4.98 Å². The Bertz CT molecular complexity index is 886. The van der Waals surface area contributed by atoms with Crippen molar-refractivity contribution in [2.45, 2.75) is 33.8 Å². The lowest BCUT2D eigenvalue weighted by atomic mass is 10.1. The number of imidazole rings is 1. The molecular formula is C21H24N2O2. The Kier molecular flexibility index (Phi) is 4.79. The third kappa shape index (κ3) is 3.53. The van der Waals surface area contributed by atoms with Crippen LogP contribution in [0.2, 0.25) is 0 Å². The number of ether oxygens (including phenoxy) is 2. The molecule has 0 aliphatic rings. The Morgan fingerprint density at radius 1 is 1.08 bits per heavy atom. The highest BCUT2D eigenvalue weighted by Gasteiger charge is 2.15. The van der Waals surface area contributed by atoms with E-state index in [2.05, 4.69) is 35.9 Å². The Hall–Kier alpha value is -2.75. The second-order valence-electron chi connectivity index (χ2n) is 6.25. The molecule has 130 valence electrons. The number of allylic oxidation sites excluding steroid dienone is 1. The van der Waals surface area contributed by atoms with Gasteiger partial charge in [-0.3, -0.25) is 0 Å². The molecule has 0 spiro atoms. The standard InChI is InChI=1S/C21H24N2O2/c1-6-7-16-8-9-19(20(12-16)24-5)25-15(4)21-22-17-10-13(2)14(3)11-18(17)23-21/h6-12,15H,1-5H3,(H,22,23)/b7-6+/t15-/m0/s1. The van der Waals surface area contributed by atoms with Crippen LogP contribution in [0.5, 0.6) is 11.5 Å². The average molecular weight is 336 g/mol. The summed E-state index contributed by atoms with van der Waals surface area (Å²) in [5, 5.41) is 0. The second-order valence-corrected chi connectivity index (χ2v) is 6.25. The van der Waals surface area contributed by atoms with Gasteiger partial charge in [-0.15, -0.1) is 0 Å². The fourth-order valence-electron chi connectivity index (χ4n) is 2.81. The Balaban J connectivity index is 1.88.